The summed E-state index contributed by atoms with van der Waals surface area (Å²) in [7, 11) is -4.42. The third-order valence-electron chi connectivity index (χ3n) is 2.36. The second kappa shape index (κ2) is 5.45. The van der Waals surface area contributed by atoms with Gasteiger partial charge in [0, 0.05) is 12.1 Å². The predicted molar refractivity (Wildman–Crippen MR) is 66.0 cm³/mol. The first-order valence-electron chi connectivity index (χ1n) is 5.36. The SMILES string of the molecule is CCC(Oc1cc(O)c(C(C)=O)c(O)c1)S(=O)(=O)O. The van der Waals surface area contributed by atoms with Gasteiger partial charge in [-0.2, -0.15) is 8.42 Å². The van der Waals surface area contributed by atoms with E-state index in [-0.39, 0.29) is 17.7 Å². The molecule has 0 aliphatic heterocycles. The zero-order valence-electron chi connectivity index (χ0n) is 10.3. The van der Waals surface area contributed by atoms with E-state index in [4.69, 9.17) is 9.29 Å². The van der Waals surface area contributed by atoms with Crippen molar-refractivity contribution >= 4 is 15.9 Å². The van der Waals surface area contributed by atoms with Gasteiger partial charge in [0.15, 0.2) is 5.78 Å². The summed E-state index contributed by atoms with van der Waals surface area (Å²) in [5, 5.41) is 19.1. The average molecular weight is 290 g/mol. The topological polar surface area (TPSA) is 121 Å². The van der Waals surface area contributed by atoms with E-state index in [9.17, 15) is 23.4 Å². The summed E-state index contributed by atoms with van der Waals surface area (Å²) in [6.45, 7) is 2.63. The van der Waals surface area contributed by atoms with E-state index in [1.807, 2.05) is 0 Å². The number of ether oxygens (including phenoxy) is 1. The maximum absolute atomic E-state index is 11.1. The van der Waals surface area contributed by atoms with Gasteiger partial charge >= 0.3 is 10.1 Å². The lowest BCUT2D eigenvalue weighted by Gasteiger charge is -2.15. The van der Waals surface area contributed by atoms with Crippen LogP contribution in [0.4, 0.5) is 0 Å². The number of aromatic hydroxyl groups is 2. The number of rotatable bonds is 5. The van der Waals surface area contributed by atoms with Crippen molar-refractivity contribution in [3.63, 3.8) is 0 Å². The highest BCUT2D eigenvalue weighted by Crippen LogP contribution is 2.33. The lowest BCUT2D eigenvalue weighted by molar-refractivity contribution is 0.101. The van der Waals surface area contributed by atoms with Crippen molar-refractivity contribution in [2.24, 2.45) is 0 Å². The Morgan fingerprint density at radius 2 is 1.79 bits per heavy atom. The third kappa shape index (κ3) is 3.58. The van der Waals surface area contributed by atoms with Crippen molar-refractivity contribution < 1.29 is 32.7 Å². The summed E-state index contributed by atoms with van der Waals surface area (Å²) in [4.78, 5) is 11.1. The quantitative estimate of drug-likeness (QED) is 0.552. The number of hydrogen-bond donors (Lipinski definition) is 3. The number of phenolic OH excluding ortho intramolecular Hbond substituents is 2. The fourth-order valence-corrected chi connectivity index (χ4v) is 2.18. The summed E-state index contributed by atoms with van der Waals surface area (Å²) >= 11 is 0. The Morgan fingerprint density at radius 3 is 2.11 bits per heavy atom. The monoisotopic (exact) mass is 290 g/mol. The van der Waals surface area contributed by atoms with Gasteiger partial charge in [-0.15, -0.1) is 0 Å². The summed E-state index contributed by atoms with van der Waals surface area (Å²) in [6.07, 6.45) is -0.0329. The molecule has 19 heavy (non-hydrogen) atoms. The number of carbonyl (C=O) groups is 1. The van der Waals surface area contributed by atoms with Crippen molar-refractivity contribution in [3.8, 4) is 17.2 Å². The van der Waals surface area contributed by atoms with Crippen LogP contribution in [0.2, 0.25) is 0 Å². The van der Waals surface area contributed by atoms with Crippen LogP contribution in [0.5, 0.6) is 17.2 Å². The highest BCUT2D eigenvalue weighted by Gasteiger charge is 2.24. The molecule has 1 atom stereocenters. The van der Waals surface area contributed by atoms with E-state index in [1.165, 1.54) is 6.92 Å². The maximum atomic E-state index is 11.1. The van der Waals surface area contributed by atoms with Crippen LogP contribution in [0.1, 0.15) is 30.6 Å². The first kappa shape index (κ1) is 15.3. The number of ketones is 1. The minimum atomic E-state index is -4.42. The van der Waals surface area contributed by atoms with Crippen molar-refractivity contribution in [3.05, 3.63) is 17.7 Å². The largest absolute Gasteiger partial charge is 0.507 e. The molecule has 0 aliphatic carbocycles. The summed E-state index contributed by atoms with van der Waals surface area (Å²) in [6, 6.07) is 1.98. The van der Waals surface area contributed by atoms with Gasteiger partial charge in [-0.25, -0.2) is 0 Å². The Labute approximate surface area is 110 Å². The zero-order chi connectivity index (χ0) is 14.8. The molecule has 0 fully saturated rings. The van der Waals surface area contributed by atoms with Crippen LogP contribution >= 0.6 is 0 Å². The van der Waals surface area contributed by atoms with Gasteiger partial charge < -0.3 is 14.9 Å². The number of hydrogen-bond acceptors (Lipinski definition) is 6. The normalized spacial score (nSPS) is 13.0. The number of Topliss-reactive ketones (excluding diaryl/α,β-unsaturated/α-hetero) is 1. The minimum Gasteiger partial charge on any atom is -0.507 e. The first-order valence-corrected chi connectivity index (χ1v) is 6.87. The predicted octanol–water partition coefficient (Wildman–Crippen LogP) is 1.30. The Bertz CT molecular complexity index is 568. The Balaban J connectivity index is 3.15. The Morgan fingerprint density at radius 1 is 1.32 bits per heavy atom. The molecule has 0 aliphatic rings. The average Bonchev–Trinajstić information content (AvgIpc) is 2.22. The molecule has 1 aromatic rings. The molecular formula is C11H14O7S. The molecule has 0 saturated heterocycles. The van der Waals surface area contributed by atoms with E-state index in [1.54, 1.807) is 0 Å². The van der Waals surface area contributed by atoms with Gasteiger partial charge in [0.2, 0.25) is 5.44 Å². The molecule has 3 N–H and O–H groups in total. The van der Waals surface area contributed by atoms with Crippen molar-refractivity contribution in [2.75, 3.05) is 0 Å². The van der Waals surface area contributed by atoms with Crippen molar-refractivity contribution in [2.45, 2.75) is 25.7 Å². The standard InChI is InChI=1S/C11H14O7S/c1-3-10(19(15,16)17)18-7-4-8(13)11(6(2)12)9(14)5-7/h4-5,10,13-14H,3H2,1-2H3,(H,15,16,17). The second-order valence-corrected chi connectivity index (χ2v) is 5.42. The number of benzene rings is 1. The maximum Gasteiger partial charge on any atom is 0.303 e. The third-order valence-corrected chi connectivity index (χ3v) is 3.45. The van der Waals surface area contributed by atoms with Crippen LogP contribution in [0.3, 0.4) is 0 Å². The minimum absolute atomic E-state index is 0.0329. The van der Waals surface area contributed by atoms with Crippen molar-refractivity contribution in [1.82, 2.24) is 0 Å². The molecule has 106 valence electrons. The lowest BCUT2D eigenvalue weighted by Crippen LogP contribution is -2.26. The van der Waals surface area contributed by atoms with E-state index >= 15 is 0 Å². The fourth-order valence-electron chi connectivity index (χ4n) is 1.52. The van der Waals surface area contributed by atoms with E-state index in [2.05, 4.69) is 0 Å². The van der Waals surface area contributed by atoms with Crippen LogP contribution in [-0.2, 0) is 10.1 Å². The Hall–Kier alpha value is -1.80. The smallest absolute Gasteiger partial charge is 0.303 e. The molecule has 0 spiro atoms. The molecule has 0 amide bonds. The van der Waals surface area contributed by atoms with Crippen LogP contribution in [0, 0.1) is 0 Å². The number of phenols is 2. The molecule has 1 unspecified atom stereocenters. The molecular weight excluding hydrogens is 276 g/mol. The number of carbonyl (C=O) groups excluding carboxylic acids is 1. The molecule has 0 aromatic heterocycles. The van der Waals surface area contributed by atoms with Gasteiger partial charge in [-0.3, -0.25) is 9.35 Å². The summed E-state index contributed by atoms with van der Waals surface area (Å²) in [5.74, 6) is -1.80. The van der Waals surface area contributed by atoms with Gasteiger partial charge in [0.25, 0.3) is 0 Å². The second-order valence-electron chi connectivity index (χ2n) is 3.86. The highest BCUT2D eigenvalue weighted by atomic mass is 32.2. The molecule has 0 saturated carbocycles. The lowest BCUT2D eigenvalue weighted by atomic mass is 10.1. The Kier molecular flexibility index (Phi) is 4.38. The van der Waals surface area contributed by atoms with E-state index in [0.29, 0.717) is 0 Å². The highest BCUT2D eigenvalue weighted by molar-refractivity contribution is 7.86. The first-order chi connectivity index (χ1) is 8.66. The van der Waals surface area contributed by atoms with Crippen LogP contribution < -0.4 is 4.74 Å². The molecule has 1 rings (SSSR count). The van der Waals surface area contributed by atoms with Gasteiger partial charge in [-0.05, 0) is 13.3 Å². The molecule has 8 heteroatoms. The van der Waals surface area contributed by atoms with E-state index in [0.717, 1.165) is 19.1 Å². The molecule has 0 radical (unpaired) electrons. The van der Waals surface area contributed by atoms with E-state index < -0.39 is 32.8 Å². The van der Waals surface area contributed by atoms with Gasteiger partial charge in [-0.1, -0.05) is 6.92 Å². The molecule has 0 heterocycles. The molecule has 7 nitrogen and oxygen atoms in total. The molecule has 1 aromatic carbocycles. The molecule has 0 bridgehead atoms. The van der Waals surface area contributed by atoms with Gasteiger partial charge in [0.1, 0.15) is 22.8 Å². The zero-order valence-corrected chi connectivity index (χ0v) is 11.1. The summed E-state index contributed by atoms with van der Waals surface area (Å²) in [5.41, 5.74) is -1.80. The fraction of sp³-hybridized carbons (Fsp3) is 0.364. The van der Waals surface area contributed by atoms with Crippen molar-refractivity contribution in [1.29, 1.82) is 0 Å². The summed E-state index contributed by atoms with van der Waals surface area (Å²) < 4.78 is 35.8. The van der Waals surface area contributed by atoms with Crippen LogP contribution in [-0.4, -0.2) is 34.4 Å². The van der Waals surface area contributed by atoms with Crippen LogP contribution in [0.25, 0.3) is 0 Å². The van der Waals surface area contributed by atoms with Gasteiger partial charge in [0.05, 0.1) is 0 Å². The van der Waals surface area contributed by atoms with Crippen LogP contribution in [0.15, 0.2) is 12.1 Å².